The fourth-order valence-electron chi connectivity index (χ4n) is 2.92. The lowest BCUT2D eigenvalue weighted by molar-refractivity contribution is -0.140. The first kappa shape index (κ1) is 16.0. The Morgan fingerprint density at radius 3 is 2.38 bits per heavy atom. The van der Waals surface area contributed by atoms with Gasteiger partial charge in [-0.3, -0.25) is 9.69 Å². The van der Waals surface area contributed by atoms with E-state index in [1.807, 2.05) is 18.2 Å². The highest BCUT2D eigenvalue weighted by molar-refractivity contribution is 5.74. The summed E-state index contributed by atoms with van der Waals surface area (Å²) in [6, 6.07) is 10.2. The lowest BCUT2D eigenvalue weighted by Crippen LogP contribution is -2.44. The molecule has 1 fully saturated rings. The molecule has 2 unspecified atom stereocenters. The Balaban J connectivity index is 2.06. The normalized spacial score (nSPS) is 17.7. The Morgan fingerprint density at radius 1 is 1.29 bits per heavy atom. The number of hydrogen-bond acceptors (Lipinski definition) is 3. The summed E-state index contributed by atoms with van der Waals surface area (Å²) in [5, 5.41) is 12.6. The van der Waals surface area contributed by atoms with Crippen molar-refractivity contribution in [1.82, 2.24) is 10.2 Å². The van der Waals surface area contributed by atoms with Gasteiger partial charge < -0.3 is 10.4 Å². The van der Waals surface area contributed by atoms with E-state index in [1.54, 1.807) is 0 Å². The fraction of sp³-hybridized carbons (Fsp3) is 0.588. The van der Waals surface area contributed by atoms with Crippen molar-refractivity contribution in [1.29, 1.82) is 0 Å². The van der Waals surface area contributed by atoms with Crippen LogP contribution in [0.4, 0.5) is 0 Å². The van der Waals surface area contributed by atoms with E-state index >= 15 is 0 Å². The second-order valence-corrected chi connectivity index (χ2v) is 5.71. The molecule has 0 aliphatic heterocycles. The topological polar surface area (TPSA) is 52.6 Å². The first-order valence-electron chi connectivity index (χ1n) is 7.92. The van der Waals surface area contributed by atoms with Gasteiger partial charge in [0.25, 0.3) is 0 Å². The summed E-state index contributed by atoms with van der Waals surface area (Å²) in [6.45, 7) is 6.89. The van der Waals surface area contributed by atoms with Gasteiger partial charge in [-0.1, -0.05) is 44.2 Å². The van der Waals surface area contributed by atoms with Gasteiger partial charge >= 0.3 is 5.97 Å². The molecule has 1 aliphatic carbocycles. The SMILES string of the molecule is CCN(CC)C(CNC(C(=O)O)C1CC1)c1ccccc1. The van der Waals surface area contributed by atoms with Crippen molar-refractivity contribution < 1.29 is 9.90 Å². The van der Waals surface area contributed by atoms with Crippen LogP contribution >= 0.6 is 0 Å². The second kappa shape index (κ2) is 7.57. The smallest absolute Gasteiger partial charge is 0.320 e. The first-order valence-corrected chi connectivity index (χ1v) is 7.92. The zero-order valence-electron chi connectivity index (χ0n) is 13.0. The van der Waals surface area contributed by atoms with E-state index in [1.165, 1.54) is 5.56 Å². The Bertz CT molecular complexity index is 441. The highest BCUT2D eigenvalue weighted by Gasteiger charge is 2.36. The minimum Gasteiger partial charge on any atom is -0.480 e. The van der Waals surface area contributed by atoms with E-state index < -0.39 is 12.0 Å². The maximum absolute atomic E-state index is 11.4. The van der Waals surface area contributed by atoms with Crippen LogP contribution < -0.4 is 5.32 Å². The van der Waals surface area contributed by atoms with E-state index in [9.17, 15) is 9.90 Å². The van der Waals surface area contributed by atoms with Crippen molar-refractivity contribution in [3.63, 3.8) is 0 Å². The van der Waals surface area contributed by atoms with Gasteiger partial charge in [0.2, 0.25) is 0 Å². The van der Waals surface area contributed by atoms with Gasteiger partial charge in [-0.05, 0) is 37.4 Å². The number of benzene rings is 1. The summed E-state index contributed by atoms with van der Waals surface area (Å²) in [4.78, 5) is 13.7. The summed E-state index contributed by atoms with van der Waals surface area (Å²) < 4.78 is 0. The molecule has 4 nitrogen and oxygen atoms in total. The number of aliphatic carboxylic acids is 1. The zero-order valence-corrected chi connectivity index (χ0v) is 13.0. The standard InChI is InChI=1S/C17H26N2O2/c1-3-19(4-2)15(13-8-6-5-7-9-13)12-18-16(17(20)21)14-10-11-14/h5-9,14-16,18H,3-4,10-12H2,1-2H3,(H,20,21). The average molecular weight is 290 g/mol. The summed E-state index contributed by atoms with van der Waals surface area (Å²) >= 11 is 0. The van der Waals surface area contributed by atoms with Gasteiger partial charge in [-0.15, -0.1) is 0 Å². The summed E-state index contributed by atoms with van der Waals surface area (Å²) in [7, 11) is 0. The molecule has 1 aromatic rings. The van der Waals surface area contributed by atoms with Crippen LogP contribution in [0.5, 0.6) is 0 Å². The molecule has 0 spiro atoms. The third-order valence-corrected chi connectivity index (χ3v) is 4.33. The molecule has 4 heteroatoms. The van der Waals surface area contributed by atoms with Gasteiger partial charge in [0.15, 0.2) is 0 Å². The van der Waals surface area contributed by atoms with Crippen molar-refractivity contribution in [2.75, 3.05) is 19.6 Å². The zero-order chi connectivity index (χ0) is 15.2. The largest absolute Gasteiger partial charge is 0.480 e. The number of carbonyl (C=O) groups is 1. The first-order chi connectivity index (χ1) is 10.2. The van der Waals surface area contributed by atoms with E-state index in [4.69, 9.17) is 0 Å². The minimum absolute atomic E-state index is 0.224. The highest BCUT2D eigenvalue weighted by atomic mass is 16.4. The van der Waals surface area contributed by atoms with Gasteiger partial charge in [-0.2, -0.15) is 0 Å². The fourth-order valence-corrected chi connectivity index (χ4v) is 2.92. The molecular formula is C17H26N2O2. The highest BCUT2D eigenvalue weighted by Crippen LogP contribution is 2.33. The van der Waals surface area contributed by atoms with E-state index in [-0.39, 0.29) is 6.04 Å². The third-order valence-electron chi connectivity index (χ3n) is 4.33. The van der Waals surface area contributed by atoms with Gasteiger partial charge in [-0.25, -0.2) is 0 Å². The lowest BCUT2D eigenvalue weighted by Gasteiger charge is -2.31. The van der Waals surface area contributed by atoms with Crippen LogP contribution in [0, 0.1) is 5.92 Å². The van der Waals surface area contributed by atoms with Crippen LogP contribution in [0.25, 0.3) is 0 Å². The van der Waals surface area contributed by atoms with Gasteiger partial charge in [0.1, 0.15) is 6.04 Å². The molecule has 1 aliphatic rings. The van der Waals surface area contributed by atoms with E-state index in [0.717, 1.165) is 25.9 Å². The monoisotopic (exact) mass is 290 g/mol. The van der Waals surface area contributed by atoms with Crippen LogP contribution in [-0.4, -0.2) is 41.7 Å². The summed E-state index contributed by atoms with van der Waals surface area (Å²) in [5.74, 6) is -0.403. The summed E-state index contributed by atoms with van der Waals surface area (Å²) in [6.07, 6.45) is 2.07. The van der Waals surface area contributed by atoms with Crippen LogP contribution in [0.3, 0.4) is 0 Å². The Labute approximate surface area is 127 Å². The molecule has 0 bridgehead atoms. The van der Waals surface area contributed by atoms with Crippen molar-refractivity contribution in [3.05, 3.63) is 35.9 Å². The maximum Gasteiger partial charge on any atom is 0.320 e. The van der Waals surface area contributed by atoms with Crippen molar-refractivity contribution >= 4 is 5.97 Å². The number of hydrogen-bond donors (Lipinski definition) is 2. The number of likely N-dealkylation sites (N-methyl/N-ethyl adjacent to an activating group) is 1. The Morgan fingerprint density at radius 2 is 1.90 bits per heavy atom. The van der Waals surface area contributed by atoms with Gasteiger partial charge in [0, 0.05) is 12.6 Å². The maximum atomic E-state index is 11.4. The summed E-state index contributed by atoms with van der Waals surface area (Å²) in [5.41, 5.74) is 1.24. The van der Waals surface area contributed by atoms with Crippen molar-refractivity contribution in [2.24, 2.45) is 5.92 Å². The number of rotatable bonds is 9. The van der Waals surface area contributed by atoms with Crippen LogP contribution in [-0.2, 0) is 4.79 Å². The molecule has 1 saturated carbocycles. The average Bonchev–Trinajstić information content (AvgIpc) is 3.32. The number of nitrogens with zero attached hydrogens (tertiary/aromatic N) is 1. The third kappa shape index (κ3) is 4.29. The molecule has 21 heavy (non-hydrogen) atoms. The Hall–Kier alpha value is -1.39. The number of carboxylic acids is 1. The molecule has 2 rings (SSSR count). The number of carboxylic acid groups (broad SMARTS) is 1. The molecule has 2 N–H and O–H groups in total. The molecule has 0 aromatic heterocycles. The molecule has 0 saturated heterocycles. The van der Waals surface area contributed by atoms with Crippen LogP contribution in [0.2, 0.25) is 0 Å². The van der Waals surface area contributed by atoms with E-state index in [0.29, 0.717) is 12.5 Å². The second-order valence-electron chi connectivity index (χ2n) is 5.71. The predicted octanol–water partition coefficient (Wildman–Crippen LogP) is 2.52. The quantitative estimate of drug-likeness (QED) is 0.734. The van der Waals surface area contributed by atoms with Crippen molar-refractivity contribution in [3.8, 4) is 0 Å². The Kier molecular flexibility index (Phi) is 5.76. The molecule has 0 radical (unpaired) electrons. The molecule has 0 amide bonds. The van der Waals surface area contributed by atoms with Crippen molar-refractivity contribution in [2.45, 2.75) is 38.8 Å². The predicted molar refractivity (Wildman–Crippen MR) is 84.3 cm³/mol. The molecule has 0 heterocycles. The minimum atomic E-state index is -0.719. The lowest BCUT2D eigenvalue weighted by atomic mass is 10.0. The van der Waals surface area contributed by atoms with Crippen LogP contribution in [0.15, 0.2) is 30.3 Å². The molecule has 1 aromatic carbocycles. The van der Waals surface area contributed by atoms with Gasteiger partial charge in [0.05, 0.1) is 0 Å². The molecular weight excluding hydrogens is 264 g/mol. The molecule has 116 valence electrons. The van der Waals surface area contributed by atoms with Crippen LogP contribution in [0.1, 0.15) is 38.3 Å². The van der Waals surface area contributed by atoms with E-state index in [2.05, 4.69) is 36.2 Å². The molecule has 2 atom stereocenters. The number of nitrogens with one attached hydrogen (secondary N) is 1.